The summed E-state index contributed by atoms with van der Waals surface area (Å²) in [5.41, 5.74) is 5.72. The maximum atomic E-state index is 11.4. The molecule has 0 saturated carbocycles. The van der Waals surface area contributed by atoms with Gasteiger partial charge in [0.25, 0.3) is 0 Å². The molecule has 1 atom stereocenters. The van der Waals surface area contributed by atoms with Crippen LogP contribution in [0.2, 0.25) is 0 Å². The molecule has 1 amide bonds. The average molecular weight is 230 g/mol. The normalized spacial score (nSPS) is 13.1. The molecule has 0 aliphatic carbocycles. The van der Waals surface area contributed by atoms with E-state index in [9.17, 15) is 9.59 Å². The smallest absolute Gasteiger partial charge is 0.325 e. The Balaban J connectivity index is 3.88. The Kier molecular flexibility index (Phi) is 6.03. The van der Waals surface area contributed by atoms with Crippen molar-refractivity contribution in [3.63, 3.8) is 0 Å². The monoisotopic (exact) mass is 230 g/mol. The van der Waals surface area contributed by atoms with Gasteiger partial charge in [-0.05, 0) is 12.3 Å². The van der Waals surface area contributed by atoms with Gasteiger partial charge < -0.3 is 15.8 Å². The third kappa shape index (κ3) is 6.40. The van der Waals surface area contributed by atoms with E-state index in [0.717, 1.165) is 0 Å². The van der Waals surface area contributed by atoms with Crippen molar-refractivity contribution in [1.82, 2.24) is 5.32 Å². The van der Waals surface area contributed by atoms with Crippen molar-refractivity contribution in [2.24, 2.45) is 11.1 Å². The lowest BCUT2D eigenvalue weighted by atomic mass is 9.85. The van der Waals surface area contributed by atoms with E-state index in [1.807, 2.05) is 20.8 Å². The predicted molar refractivity (Wildman–Crippen MR) is 61.7 cm³/mol. The predicted octanol–water partition coefficient (Wildman–Crippen LogP) is 0.429. The Morgan fingerprint density at radius 1 is 1.38 bits per heavy atom. The summed E-state index contributed by atoms with van der Waals surface area (Å²) in [5.74, 6) is -0.657. The van der Waals surface area contributed by atoms with E-state index in [-0.39, 0.29) is 30.3 Å². The van der Waals surface area contributed by atoms with Gasteiger partial charge in [-0.1, -0.05) is 20.8 Å². The number of hydrogen-bond donors (Lipinski definition) is 2. The van der Waals surface area contributed by atoms with Crippen LogP contribution in [0.4, 0.5) is 0 Å². The van der Waals surface area contributed by atoms with Crippen molar-refractivity contribution in [2.45, 2.75) is 40.2 Å². The van der Waals surface area contributed by atoms with E-state index in [1.165, 1.54) is 0 Å². The highest BCUT2D eigenvalue weighted by atomic mass is 16.5. The molecule has 0 aliphatic heterocycles. The number of carbonyl (C=O) groups excluding carboxylic acids is 2. The minimum atomic E-state index is -0.430. The number of carbonyl (C=O) groups is 2. The second-order valence-electron chi connectivity index (χ2n) is 4.76. The molecule has 0 radical (unpaired) electrons. The summed E-state index contributed by atoms with van der Waals surface area (Å²) in [4.78, 5) is 22.4. The number of esters is 1. The molecule has 0 saturated heterocycles. The Labute approximate surface area is 96.7 Å². The van der Waals surface area contributed by atoms with E-state index >= 15 is 0 Å². The molecule has 94 valence electrons. The van der Waals surface area contributed by atoms with Crippen LogP contribution in [0, 0.1) is 5.41 Å². The molecular formula is C11H22N2O3. The van der Waals surface area contributed by atoms with Gasteiger partial charge in [0.05, 0.1) is 6.61 Å². The molecule has 0 aromatic heterocycles. The molecule has 1 unspecified atom stereocenters. The van der Waals surface area contributed by atoms with Crippen LogP contribution in [-0.4, -0.2) is 31.1 Å². The van der Waals surface area contributed by atoms with Gasteiger partial charge in [-0.15, -0.1) is 0 Å². The standard InChI is InChI=1S/C11H22N2O3/c1-5-16-10(15)7-13-9(14)6-8(12)11(2,3)4/h8H,5-7,12H2,1-4H3,(H,13,14). The van der Waals surface area contributed by atoms with Crippen LogP contribution in [0.5, 0.6) is 0 Å². The number of nitrogens with one attached hydrogen (secondary N) is 1. The van der Waals surface area contributed by atoms with Gasteiger partial charge >= 0.3 is 5.97 Å². The topological polar surface area (TPSA) is 81.4 Å². The van der Waals surface area contributed by atoms with Crippen LogP contribution in [0.3, 0.4) is 0 Å². The lowest BCUT2D eigenvalue weighted by molar-refractivity contribution is -0.143. The van der Waals surface area contributed by atoms with Gasteiger partial charge in [-0.2, -0.15) is 0 Å². The molecule has 5 heteroatoms. The molecule has 0 aromatic rings. The van der Waals surface area contributed by atoms with Crippen LogP contribution >= 0.6 is 0 Å². The Bertz CT molecular complexity index is 246. The lowest BCUT2D eigenvalue weighted by Gasteiger charge is -2.26. The van der Waals surface area contributed by atoms with Gasteiger partial charge in [-0.25, -0.2) is 0 Å². The molecule has 5 nitrogen and oxygen atoms in total. The van der Waals surface area contributed by atoms with Gasteiger partial charge in [0.15, 0.2) is 0 Å². The first-order chi connectivity index (χ1) is 7.27. The van der Waals surface area contributed by atoms with Crippen LogP contribution < -0.4 is 11.1 Å². The Morgan fingerprint density at radius 2 is 1.94 bits per heavy atom. The highest BCUT2D eigenvalue weighted by Gasteiger charge is 2.23. The quantitative estimate of drug-likeness (QED) is 0.671. The number of nitrogens with two attached hydrogens (primary N) is 1. The van der Waals surface area contributed by atoms with Crippen LogP contribution in [-0.2, 0) is 14.3 Å². The summed E-state index contributed by atoms with van der Waals surface area (Å²) >= 11 is 0. The lowest BCUT2D eigenvalue weighted by Crippen LogP contribution is -2.41. The van der Waals surface area contributed by atoms with E-state index < -0.39 is 5.97 Å². The van der Waals surface area contributed by atoms with Crippen molar-refractivity contribution in [3.8, 4) is 0 Å². The molecule has 16 heavy (non-hydrogen) atoms. The SMILES string of the molecule is CCOC(=O)CNC(=O)CC(N)C(C)(C)C. The number of rotatable bonds is 5. The fourth-order valence-electron chi connectivity index (χ4n) is 0.961. The zero-order valence-corrected chi connectivity index (χ0v) is 10.5. The highest BCUT2D eigenvalue weighted by Crippen LogP contribution is 2.19. The van der Waals surface area contributed by atoms with Gasteiger partial charge in [0, 0.05) is 12.5 Å². The summed E-state index contributed by atoms with van der Waals surface area (Å²) in [6.07, 6.45) is 0.211. The van der Waals surface area contributed by atoms with E-state index in [0.29, 0.717) is 6.61 Å². The van der Waals surface area contributed by atoms with Crippen molar-refractivity contribution < 1.29 is 14.3 Å². The first kappa shape index (κ1) is 14.9. The number of ether oxygens (including phenoxy) is 1. The van der Waals surface area contributed by atoms with Gasteiger partial charge in [-0.3, -0.25) is 9.59 Å². The zero-order valence-electron chi connectivity index (χ0n) is 10.5. The molecule has 0 heterocycles. The maximum absolute atomic E-state index is 11.4. The van der Waals surface area contributed by atoms with E-state index in [4.69, 9.17) is 5.73 Å². The van der Waals surface area contributed by atoms with Crippen molar-refractivity contribution >= 4 is 11.9 Å². The van der Waals surface area contributed by atoms with Crippen molar-refractivity contribution in [3.05, 3.63) is 0 Å². The summed E-state index contributed by atoms with van der Waals surface area (Å²) in [5, 5.41) is 2.48. The first-order valence-electron chi connectivity index (χ1n) is 5.45. The van der Waals surface area contributed by atoms with Crippen LogP contribution in [0.15, 0.2) is 0 Å². The fraction of sp³-hybridized carbons (Fsp3) is 0.818. The van der Waals surface area contributed by atoms with Gasteiger partial charge in [0.2, 0.25) is 5.91 Å². The molecule has 0 rings (SSSR count). The van der Waals surface area contributed by atoms with Crippen molar-refractivity contribution in [2.75, 3.05) is 13.2 Å². The van der Waals surface area contributed by atoms with Crippen LogP contribution in [0.25, 0.3) is 0 Å². The summed E-state index contributed by atoms with van der Waals surface area (Å²) < 4.78 is 4.68. The molecule has 0 fully saturated rings. The molecule has 0 aliphatic rings. The Hall–Kier alpha value is -1.10. The zero-order chi connectivity index (χ0) is 12.8. The van der Waals surface area contributed by atoms with Crippen LogP contribution in [0.1, 0.15) is 34.1 Å². The van der Waals surface area contributed by atoms with Gasteiger partial charge in [0.1, 0.15) is 6.54 Å². The molecule has 0 bridgehead atoms. The van der Waals surface area contributed by atoms with Crippen molar-refractivity contribution in [1.29, 1.82) is 0 Å². The largest absolute Gasteiger partial charge is 0.465 e. The summed E-state index contributed by atoms with van der Waals surface area (Å²) in [7, 11) is 0. The molecular weight excluding hydrogens is 208 g/mol. The number of hydrogen-bond acceptors (Lipinski definition) is 4. The third-order valence-corrected chi connectivity index (χ3v) is 2.25. The summed E-state index contributed by atoms with van der Waals surface area (Å²) in [6.45, 7) is 7.85. The first-order valence-corrected chi connectivity index (χ1v) is 5.45. The second kappa shape index (κ2) is 6.48. The molecule has 0 aromatic carbocycles. The minimum absolute atomic E-state index is 0.0937. The molecule has 0 spiro atoms. The number of amides is 1. The molecule has 3 N–H and O–H groups in total. The fourth-order valence-corrected chi connectivity index (χ4v) is 0.961. The minimum Gasteiger partial charge on any atom is -0.465 e. The second-order valence-corrected chi connectivity index (χ2v) is 4.76. The average Bonchev–Trinajstić information content (AvgIpc) is 2.13. The Morgan fingerprint density at radius 3 is 2.38 bits per heavy atom. The summed E-state index contributed by atoms with van der Waals surface area (Å²) in [6, 6.07) is -0.227. The highest BCUT2D eigenvalue weighted by molar-refractivity contribution is 5.82. The van der Waals surface area contributed by atoms with E-state index in [1.54, 1.807) is 6.92 Å². The third-order valence-electron chi connectivity index (χ3n) is 2.25. The van der Waals surface area contributed by atoms with E-state index in [2.05, 4.69) is 10.1 Å². The maximum Gasteiger partial charge on any atom is 0.325 e.